The summed E-state index contributed by atoms with van der Waals surface area (Å²) in [5.41, 5.74) is 0.700. The van der Waals surface area contributed by atoms with Crippen LogP contribution in [0.1, 0.15) is 31.0 Å². The molecule has 17 heavy (non-hydrogen) atoms. The molecule has 2 heterocycles. The van der Waals surface area contributed by atoms with Crippen LogP contribution in [0, 0.1) is 0 Å². The Morgan fingerprint density at radius 1 is 1.41 bits per heavy atom. The minimum absolute atomic E-state index is 0.256. The van der Waals surface area contributed by atoms with Gasteiger partial charge in [-0.15, -0.1) is 0 Å². The van der Waals surface area contributed by atoms with Gasteiger partial charge in [0.2, 0.25) is 0 Å². The Bertz CT molecular complexity index is 461. The topological polar surface area (TPSA) is 72.0 Å². The van der Waals surface area contributed by atoms with Crippen LogP contribution in [0.25, 0.3) is 0 Å². The maximum Gasteiger partial charge on any atom is 0.155 e. The normalized spacial score (nSPS) is 25.4. The first kappa shape index (κ1) is 12.4. The molecule has 2 rings (SSSR count). The molecule has 1 fully saturated rings. The minimum atomic E-state index is -3.01. The first-order chi connectivity index (χ1) is 8.15. The first-order valence-corrected chi connectivity index (χ1v) is 7.51. The van der Waals surface area contributed by atoms with E-state index in [1.807, 2.05) is 0 Å². The summed E-state index contributed by atoms with van der Waals surface area (Å²) >= 11 is 0. The van der Waals surface area contributed by atoms with Crippen molar-refractivity contribution in [1.29, 1.82) is 0 Å². The van der Waals surface area contributed by atoms with Crippen molar-refractivity contribution < 1.29 is 8.42 Å². The fourth-order valence-corrected chi connectivity index (χ4v) is 4.47. The van der Waals surface area contributed by atoms with Crippen molar-refractivity contribution in [1.82, 2.24) is 15.3 Å². The third-order valence-electron chi connectivity index (χ3n) is 3.21. The van der Waals surface area contributed by atoms with Crippen molar-refractivity contribution in [2.24, 2.45) is 0 Å². The molecule has 5 nitrogen and oxygen atoms in total. The molecule has 0 bridgehead atoms. The van der Waals surface area contributed by atoms with Gasteiger partial charge in [0.25, 0.3) is 0 Å². The van der Waals surface area contributed by atoms with Gasteiger partial charge in [0.15, 0.2) is 9.84 Å². The van der Waals surface area contributed by atoms with E-state index in [9.17, 15) is 8.42 Å². The Morgan fingerprint density at radius 2 is 2.24 bits per heavy atom. The number of rotatable bonds is 3. The van der Waals surface area contributed by atoms with Crippen molar-refractivity contribution in [3.63, 3.8) is 0 Å². The first-order valence-electron chi connectivity index (χ1n) is 5.80. The Hall–Kier alpha value is -1.01. The van der Waals surface area contributed by atoms with E-state index >= 15 is 0 Å². The van der Waals surface area contributed by atoms with E-state index in [1.165, 1.54) is 0 Å². The number of hydrogen-bond acceptors (Lipinski definition) is 5. The zero-order valence-corrected chi connectivity index (χ0v) is 10.7. The molecular weight excluding hydrogens is 238 g/mol. The average Bonchev–Trinajstić information content (AvgIpc) is 2.33. The summed E-state index contributed by atoms with van der Waals surface area (Å²) in [7, 11) is -1.25. The summed E-state index contributed by atoms with van der Waals surface area (Å²) in [5.74, 6) is 0.288. The van der Waals surface area contributed by atoms with Crippen LogP contribution in [0.5, 0.6) is 0 Å². The number of nitrogens with zero attached hydrogens (tertiary/aromatic N) is 2. The third-order valence-corrected chi connectivity index (χ3v) is 5.50. The smallest absolute Gasteiger partial charge is 0.155 e. The molecule has 1 aromatic heterocycles. The zero-order chi connectivity index (χ0) is 12.3. The lowest BCUT2D eigenvalue weighted by Crippen LogP contribution is -2.39. The van der Waals surface area contributed by atoms with Crippen LogP contribution < -0.4 is 5.32 Å². The van der Waals surface area contributed by atoms with Crippen molar-refractivity contribution in [3.05, 3.63) is 24.3 Å². The number of aromatic nitrogens is 2. The molecule has 0 saturated carbocycles. The highest BCUT2D eigenvalue weighted by atomic mass is 32.2. The zero-order valence-electron chi connectivity index (χ0n) is 9.83. The summed E-state index contributed by atoms with van der Waals surface area (Å²) in [6.45, 7) is 0. The van der Waals surface area contributed by atoms with Crippen LogP contribution in [-0.2, 0) is 9.84 Å². The number of nitrogens with one attached hydrogen (secondary N) is 1. The lowest BCUT2D eigenvalue weighted by Gasteiger charge is -2.29. The van der Waals surface area contributed by atoms with E-state index in [4.69, 9.17) is 0 Å². The molecule has 1 aliphatic rings. The second kappa shape index (κ2) is 5.10. The Morgan fingerprint density at radius 3 is 2.82 bits per heavy atom. The van der Waals surface area contributed by atoms with Crippen LogP contribution in [0.4, 0.5) is 0 Å². The molecule has 94 valence electrons. The van der Waals surface area contributed by atoms with E-state index in [1.54, 1.807) is 25.6 Å². The van der Waals surface area contributed by atoms with E-state index in [2.05, 4.69) is 15.3 Å². The van der Waals surface area contributed by atoms with Crippen LogP contribution in [0.2, 0.25) is 0 Å². The van der Waals surface area contributed by atoms with Crippen LogP contribution >= 0.6 is 0 Å². The Balaban J connectivity index is 2.30. The quantitative estimate of drug-likeness (QED) is 0.861. The summed E-state index contributed by atoms with van der Waals surface area (Å²) < 4.78 is 24.1. The summed E-state index contributed by atoms with van der Waals surface area (Å²) in [5, 5.41) is 2.69. The fraction of sp³-hybridized carbons (Fsp3) is 0.636. The van der Waals surface area contributed by atoms with Gasteiger partial charge in [0.1, 0.15) is 0 Å². The van der Waals surface area contributed by atoms with Gasteiger partial charge in [-0.25, -0.2) is 8.42 Å². The van der Waals surface area contributed by atoms with E-state index in [-0.39, 0.29) is 17.0 Å². The van der Waals surface area contributed by atoms with Gasteiger partial charge < -0.3 is 5.32 Å². The monoisotopic (exact) mass is 255 g/mol. The van der Waals surface area contributed by atoms with Crippen LogP contribution in [0.3, 0.4) is 0 Å². The van der Waals surface area contributed by atoms with Crippen molar-refractivity contribution in [3.8, 4) is 0 Å². The molecule has 0 aliphatic carbocycles. The molecule has 6 heteroatoms. The molecule has 0 amide bonds. The average molecular weight is 255 g/mol. The predicted molar refractivity (Wildman–Crippen MR) is 65.3 cm³/mol. The van der Waals surface area contributed by atoms with Gasteiger partial charge in [0, 0.05) is 12.4 Å². The maximum atomic E-state index is 12.1. The molecule has 1 aromatic rings. The molecule has 1 saturated heterocycles. The Labute approximate surface area is 102 Å². The largest absolute Gasteiger partial charge is 0.311 e. The standard InChI is InChI=1S/C11H17N3O2S/c1-12-11(9-8-13-5-6-14-9)10-4-2-3-7-17(10,15)16/h5-6,8,10-12H,2-4,7H2,1H3. The SMILES string of the molecule is CNC(c1cnccn1)C1CCCCS1(=O)=O. The third kappa shape index (κ3) is 2.63. The highest BCUT2D eigenvalue weighted by Crippen LogP contribution is 2.29. The molecule has 0 radical (unpaired) electrons. The van der Waals surface area contributed by atoms with Crippen LogP contribution in [0.15, 0.2) is 18.6 Å². The second-order valence-electron chi connectivity index (χ2n) is 4.30. The van der Waals surface area contributed by atoms with E-state index in [0.29, 0.717) is 12.1 Å². The van der Waals surface area contributed by atoms with E-state index < -0.39 is 9.84 Å². The molecule has 0 aromatic carbocycles. The molecular formula is C11H17N3O2S. The predicted octanol–water partition coefficient (Wildman–Crippen LogP) is 0.704. The second-order valence-corrected chi connectivity index (χ2v) is 6.64. The van der Waals surface area contributed by atoms with Crippen molar-refractivity contribution >= 4 is 9.84 Å². The molecule has 0 spiro atoms. The summed E-state index contributed by atoms with van der Waals surface area (Å²) in [4.78, 5) is 8.20. The van der Waals surface area contributed by atoms with E-state index in [0.717, 1.165) is 12.8 Å². The lowest BCUT2D eigenvalue weighted by molar-refractivity contribution is 0.462. The molecule has 2 atom stereocenters. The maximum absolute atomic E-state index is 12.1. The summed E-state index contributed by atoms with van der Waals surface area (Å²) in [6, 6.07) is -0.256. The van der Waals surface area contributed by atoms with Gasteiger partial charge in [-0.05, 0) is 19.9 Å². The fourth-order valence-electron chi connectivity index (χ4n) is 2.35. The summed E-state index contributed by atoms with van der Waals surface area (Å²) in [6.07, 6.45) is 7.24. The Kier molecular flexibility index (Phi) is 3.73. The van der Waals surface area contributed by atoms with Gasteiger partial charge in [-0.1, -0.05) is 6.42 Å². The van der Waals surface area contributed by atoms with Gasteiger partial charge in [-0.2, -0.15) is 0 Å². The van der Waals surface area contributed by atoms with Crippen LogP contribution in [-0.4, -0.2) is 36.4 Å². The highest BCUT2D eigenvalue weighted by Gasteiger charge is 2.36. The number of hydrogen-bond donors (Lipinski definition) is 1. The van der Waals surface area contributed by atoms with Gasteiger partial charge in [0.05, 0.1) is 28.9 Å². The minimum Gasteiger partial charge on any atom is -0.311 e. The lowest BCUT2D eigenvalue weighted by atomic mass is 10.0. The van der Waals surface area contributed by atoms with Gasteiger partial charge in [-0.3, -0.25) is 9.97 Å². The van der Waals surface area contributed by atoms with Crippen molar-refractivity contribution in [2.45, 2.75) is 30.6 Å². The van der Waals surface area contributed by atoms with Crippen molar-refractivity contribution in [2.75, 3.05) is 12.8 Å². The number of sulfone groups is 1. The highest BCUT2D eigenvalue weighted by molar-refractivity contribution is 7.92. The molecule has 2 unspecified atom stereocenters. The van der Waals surface area contributed by atoms with Gasteiger partial charge >= 0.3 is 0 Å². The molecule has 1 aliphatic heterocycles. The molecule has 1 N–H and O–H groups in total.